The van der Waals surface area contributed by atoms with Crippen molar-refractivity contribution in [1.82, 2.24) is 19.5 Å². The molecule has 1 aromatic carbocycles. The summed E-state index contributed by atoms with van der Waals surface area (Å²) in [6.45, 7) is 0.435. The monoisotopic (exact) mass is 395 g/mol. The number of carbonyl (C=O) groups excluding carboxylic acids is 1. The van der Waals surface area contributed by atoms with Crippen LogP contribution in [0.25, 0.3) is 11.1 Å². The number of benzene rings is 1. The summed E-state index contributed by atoms with van der Waals surface area (Å²) in [5.41, 5.74) is 5.14. The third kappa shape index (κ3) is 3.80. The van der Waals surface area contributed by atoms with E-state index >= 15 is 0 Å². The molecule has 0 fully saturated rings. The number of hydrogen-bond donors (Lipinski definition) is 1. The minimum absolute atomic E-state index is 0.150. The van der Waals surface area contributed by atoms with Crippen LogP contribution in [0.1, 0.15) is 17.5 Å². The van der Waals surface area contributed by atoms with E-state index in [1.165, 1.54) is 5.56 Å². The zero-order chi connectivity index (χ0) is 19.7. The first kappa shape index (κ1) is 18.7. The van der Waals surface area contributed by atoms with Gasteiger partial charge in [-0.15, -0.1) is 4.72 Å². The van der Waals surface area contributed by atoms with E-state index in [2.05, 4.69) is 20.9 Å². The predicted octanol–water partition coefficient (Wildman–Crippen LogP) is 2.20. The van der Waals surface area contributed by atoms with E-state index in [9.17, 15) is 9.35 Å². The Morgan fingerprint density at radius 2 is 2.00 bits per heavy atom. The van der Waals surface area contributed by atoms with Crippen LogP contribution in [0.2, 0.25) is 0 Å². The Balaban J connectivity index is 1.50. The highest BCUT2D eigenvalue weighted by Gasteiger charge is 2.21. The second kappa shape index (κ2) is 7.75. The van der Waals surface area contributed by atoms with Gasteiger partial charge in [0.05, 0.1) is 24.1 Å². The number of aromatic nitrogens is 3. The largest absolute Gasteiger partial charge is 0.593 e. The minimum Gasteiger partial charge on any atom is -0.593 e. The maximum Gasteiger partial charge on any atom is 0.227 e. The van der Waals surface area contributed by atoms with Crippen molar-refractivity contribution in [2.45, 2.75) is 24.3 Å². The van der Waals surface area contributed by atoms with Gasteiger partial charge in [-0.05, 0) is 41.3 Å². The molecule has 144 valence electrons. The zero-order valence-electron chi connectivity index (χ0n) is 15.8. The fourth-order valence-corrected chi connectivity index (χ4v) is 4.16. The molecule has 4 rings (SSSR count). The summed E-state index contributed by atoms with van der Waals surface area (Å²) in [6, 6.07) is 8.17. The van der Waals surface area contributed by atoms with E-state index < -0.39 is 11.4 Å². The predicted molar refractivity (Wildman–Crippen MR) is 108 cm³/mol. The molecule has 0 saturated heterocycles. The van der Waals surface area contributed by atoms with Gasteiger partial charge in [-0.3, -0.25) is 14.5 Å². The molecular weight excluding hydrogens is 374 g/mol. The first-order valence-electron chi connectivity index (χ1n) is 8.99. The van der Waals surface area contributed by atoms with Crippen LogP contribution in [-0.4, -0.2) is 32.3 Å². The molecule has 3 heterocycles. The van der Waals surface area contributed by atoms with Gasteiger partial charge in [0.2, 0.25) is 10.8 Å². The number of aryl methyl sites for hydroxylation is 2. The number of rotatable bonds is 5. The van der Waals surface area contributed by atoms with E-state index in [4.69, 9.17) is 0 Å². The lowest BCUT2D eigenvalue weighted by Gasteiger charge is -2.26. The van der Waals surface area contributed by atoms with Crippen LogP contribution in [0, 0.1) is 0 Å². The van der Waals surface area contributed by atoms with Gasteiger partial charge >= 0.3 is 0 Å². The molecule has 2 aromatic heterocycles. The number of anilines is 1. The first-order valence-corrected chi connectivity index (χ1v) is 10.1. The van der Waals surface area contributed by atoms with Crippen LogP contribution in [0.4, 0.5) is 5.69 Å². The summed E-state index contributed by atoms with van der Waals surface area (Å²) >= 11 is -1.32. The lowest BCUT2D eigenvalue weighted by Crippen LogP contribution is -2.30. The summed E-state index contributed by atoms with van der Waals surface area (Å²) in [6.07, 6.45) is 8.20. The number of nitrogens with one attached hydrogen (secondary N) is 1. The Morgan fingerprint density at radius 3 is 2.79 bits per heavy atom. The van der Waals surface area contributed by atoms with Gasteiger partial charge in [0.25, 0.3) is 0 Å². The van der Waals surface area contributed by atoms with E-state index in [1.807, 2.05) is 31.4 Å². The Morgan fingerprint density at radius 1 is 1.14 bits per heavy atom. The molecule has 1 amide bonds. The van der Waals surface area contributed by atoms with E-state index in [0.717, 1.165) is 28.8 Å². The molecule has 1 atom stereocenters. The Hall–Kier alpha value is -2.68. The van der Waals surface area contributed by atoms with Gasteiger partial charge in [-0.25, -0.2) is 0 Å². The molecule has 0 saturated carbocycles. The van der Waals surface area contributed by atoms with Crippen molar-refractivity contribution in [3.8, 4) is 11.1 Å². The van der Waals surface area contributed by atoms with Crippen molar-refractivity contribution in [1.29, 1.82) is 0 Å². The molecule has 1 unspecified atom stereocenters. The molecule has 1 N–H and O–H groups in total. The summed E-state index contributed by atoms with van der Waals surface area (Å²) in [5.74, 6) is 0.150. The fraction of sp³-hybridized carbons (Fsp3) is 0.250. The number of hydrogen-bond acceptors (Lipinski definition) is 5. The average Bonchev–Trinajstić information content (AvgIpc) is 3.15. The number of nitrogens with zero attached hydrogens (tertiary/aromatic N) is 4. The molecule has 0 radical (unpaired) electrons. The SMILES string of the molecule is CN1C(=O)CCc2cc(-c3cncc(CN[S+]([O-])c4cnn(C)c4)c3)ccc21. The van der Waals surface area contributed by atoms with Crippen LogP contribution in [0.15, 0.2) is 53.9 Å². The third-order valence-corrected chi connectivity index (χ3v) is 5.90. The molecule has 28 heavy (non-hydrogen) atoms. The van der Waals surface area contributed by atoms with Crippen molar-refractivity contribution in [2.24, 2.45) is 7.05 Å². The van der Waals surface area contributed by atoms with Gasteiger partial charge in [0, 0.05) is 44.2 Å². The lowest BCUT2D eigenvalue weighted by molar-refractivity contribution is -0.118. The number of fused-ring (bicyclic) bond motifs is 1. The summed E-state index contributed by atoms with van der Waals surface area (Å²) in [7, 11) is 3.61. The van der Waals surface area contributed by atoms with Crippen LogP contribution >= 0.6 is 0 Å². The molecule has 8 heteroatoms. The summed E-state index contributed by atoms with van der Waals surface area (Å²) in [5, 5.41) is 4.04. The highest BCUT2D eigenvalue weighted by Crippen LogP contribution is 2.31. The first-order chi connectivity index (χ1) is 13.5. The maximum absolute atomic E-state index is 12.3. The topological polar surface area (TPSA) is 86.1 Å². The van der Waals surface area contributed by atoms with Crippen LogP contribution in [-0.2, 0) is 36.2 Å². The second-order valence-electron chi connectivity index (χ2n) is 6.82. The van der Waals surface area contributed by atoms with Crippen molar-refractivity contribution in [2.75, 3.05) is 11.9 Å². The highest BCUT2D eigenvalue weighted by molar-refractivity contribution is 7.89. The zero-order valence-corrected chi connectivity index (χ0v) is 16.6. The number of amides is 1. The number of carbonyl (C=O) groups is 1. The van der Waals surface area contributed by atoms with Crippen molar-refractivity contribution in [3.63, 3.8) is 0 Å². The molecular formula is C20H21N5O2S. The molecule has 7 nitrogen and oxygen atoms in total. The van der Waals surface area contributed by atoms with Gasteiger partial charge < -0.3 is 9.45 Å². The number of pyridine rings is 1. The Bertz CT molecular complexity index is 1020. The molecule has 0 spiro atoms. The van der Waals surface area contributed by atoms with Gasteiger partial charge in [-0.2, -0.15) is 5.10 Å². The van der Waals surface area contributed by atoms with E-state index in [0.29, 0.717) is 17.9 Å². The summed E-state index contributed by atoms with van der Waals surface area (Å²) < 4.78 is 16.9. The molecule has 0 bridgehead atoms. The molecule has 1 aliphatic rings. The smallest absolute Gasteiger partial charge is 0.227 e. The molecule has 1 aliphatic heterocycles. The highest BCUT2D eigenvalue weighted by atomic mass is 32.2. The quantitative estimate of drug-likeness (QED) is 0.670. The van der Waals surface area contributed by atoms with E-state index in [1.54, 1.807) is 35.2 Å². The van der Waals surface area contributed by atoms with Crippen LogP contribution in [0.3, 0.4) is 0 Å². The van der Waals surface area contributed by atoms with E-state index in [-0.39, 0.29) is 5.91 Å². The second-order valence-corrected chi connectivity index (χ2v) is 8.12. The minimum atomic E-state index is -1.32. The van der Waals surface area contributed by atoms with Gasteiger partial charge in [0.15, 0.2) is 0 Å². The van der Waals surface area contributed by atoms with Crippen LogP contribution in [0.5, 0.6) is 0 Å². The maximum atomic E-state index is 12.3. The molecule has 3 aromatic rings. The Kier molecular flexibility index (Phi) is 5.17. The average molecular weight is 395 g/mol. The van der Waals surface area contributed by atoms with Crippen molar-refractivity contribution in [3.05, 3.63) is 60.2 Å². The van der Waals surface area contributed by atoms with Gasteiger partial charge in [0.1, 0.15) is 6.20 Å². The van der Waals surface area contributed by atoms with Crippen molar-refractivity contribution >= 4 is 23.0 Å². The van der Waals surface area contributed by atoms with Crippen molar-refractivity contribution < 1.29 is 9.35 Å². The molecule has 0 aliphatic carbocycles. The third-order valence-electron chi connectivity index (χ3n) is 4.85. The fourth-order valence-electron chi connectivity index (χ4n) is 3.31. The summed E-state index contributed by atoms with van der Waals surface area (Å²) in [4.78, 5) is 18.6. The normalized spacial score (nSPS) is 14.8. The standard InChI is InChI=1S/C20H21N5O2S/c1-24-13-18(12-22-24)28(27)23-10-14-7-17(11-21-9-14)15-3-5-19-16(8-15)4-6-20(26)25(19)2/h3,5,7-9,11-13,23H,4,6,10H2,1-2H3. The lowest BCUT2D eigenvalue weighted by atomic mass is 9.96. The van der Waals surface area contributed by atoms with Crippen LogP contribution < -0.4 is 9.62 Å². The van der Waals surface area contributed by atoms with Gasteiger partial charge in [-0.1, -0.05) is 6.07 Å². The Labute approximate surface area is 166 Å².